The predicted octanol–water partition coefficient (Wildman–Crippen LogP) is 3.93. The molecule has 5 nitrogen and oxygen atoms in total. The number of nitrogens with one attached hydrogen (secondary N) is 2. The fraction of sp³-hybridized carbons (Fsp3) is 0.524. The first-order chi connectivity index (χ1) is 13.3. The lowest BCUT2D eigenvalue weighted by molar-refractivity contribution is 0.119. The van der Waals surface area contributed by atoms with Crippen molar-refractivity contribution in [3.05, 3.63) is 45.9 Å². The van der Waals surface area contributed by atoms with Crippen LogP contribution in [-0.2, 0) is 19.4 Å². The van der Waals surface area contributed by atoms with Crippen LogP contribution in [0.2, 0.25) is 0 Å². The predicted molar refractivity (Wildman–Crippen MR) is 113 cm³/mol. The Morgan fingerprint density at radius 2 is 2.11 bits per heavy atom. The SMILES string of the molecule is CCNC(=NCc1ccccc1OC1CCC1)NCCc1ncc(CC)s1. The molecule has 1 aliphatic rings. The van der Waals surface area contributed by atoms with Gasteiger partial charge in [-0.1, -0.05) is 25.1 Å². The van der Waals surface area contributed by atoms with E-state index in [0.29, 0.717) is 12.6 Å². The van der Waals surface area contributed by atoms with Crippen molar-refractivity contribution in [2.45, 2.75) is 58.6 Å². The van der Waals surface area contributed by atoms with Gasteiger partial charge in [-0.05, 0) is 38.7 Å². The van der Waals surface area contributed by atoms with Crippen molar-refractivity contribution in [1.82, 2.24) is 15.6 Å². The second-order valence-corrected chi connectivity index (χ2v) is 7.92. The highest BCUT2D eigenvalue weighted by Crippen LogP contribution is 2.27. The summed E-state index contributed by atoms with van der Waals surface area (Å²) >= 11 is 1.80. The summed E-state index contributed by atoms with van der Waals surface area (Å²) in [6, 6.07) is 8.23. The molecule has 1 saturated carbocycles. The quantitative estimate of drug-likeness (QED) is 0.506. The third kappa shape index (κ3) is 5.96. The van der Waals surface area contributed by atoms with Crippen LogP contribution in [0.1, 0.15) is 48.6 Å². The molecule has 0 aliphatic heterocycles. The Morgan fingerprint density at radius 3 is 2.81 bits per heavy atom. The standard InChI is InChI=1S/C21H30N4OS/c1-3-18-15-24-20(27-18)12-13-23-21(22-4-2)25-14-16-8-5-6-11-19(16)26-17-9-7-10-17/h5-6,8,11,15,17H,3-4,7,9-10,12-14H2,1-2H3,(H2,22,23,25). The van der Waals surface area contributed by atoms with Gasteiger partial charge in [0.15, 0.2) is 5.96 Å². The average molecular weight is 387 g/mol. The molecular formula is C21H30N4OS. The Hall–Kier alpha value is -2.08. The van der Waals surface area contributed by atoms with Crippen LogP contribution in [-0.4, -0.2) is 30.1 Å². The zero-order chi connectivity index (χ0) is 18.9. The Bertz CT molecular complexity index is 739. The first-order valence-corrected chi connectivity index (χ1v) is 10.8. The lowest BCUT2D eigenvalue weighted by Gasteiger charge is -2.27. The molecule has 6 heteroatoms. The van der Waals surface area contributed by atoms with Gasteiger partial charge in [-0.2, -0.15) is 0 Å². The molecule has 0 bridgehead atoms. The summed E-state index contributed by atoms with van der Waals surface area (Å²) in [5.74, 6) is 1.81. The molecule has 0 saturated heterocycles. The smallest absolute Gasteiger partial charge is 0.191 e. The van der Waals surface area contributed by atoms with E-state index in [4.69, 9.17) is 9.73 Å². The molecule has 0 radical (unpaired) electrons. The molecule has 0 spiro atoms. The van der Waals surface area contributed by atoms with Gasteiger partial charge in [0, 0.05) is 36.1 Å². The minimum absolute atomic E-state index is 0.382. The maximum absolute atomic E-state index is 6.11. The molecule has 1 aromatic carbocycles. The van der Waals surface area contributed by atoms with E-state index in [9.17, 15) is 0 Å². The summed E-state index contributed by atoms with van der Waals surface area (Å²) in [7, 11) is 0. The van der Waals surface area contributed by atoms with Crippen molar-refractivity contribution >= 4 is 17.3 Å². The summed E-state index contributed by atoms with van der Waals surface area (Å²) in [5, 5.41) is 7.91. The van der Waals surface area contributed by atoms with E-state index in [1.165, 1.54) is 16.3 Å². The van der Waals surface area contributed by atoms with Gasteiger partial charge in [0.2, 0.25) is 0 Å². The van der Waals surface area contributed by atoms with E-state index < -0.39 is 0 Å². The van der Waals surface area contributed by atoms with Crippen LogP contribution < -0.4 is 15.4 Å². The van der Waals surface area contributed by atoms with Crippen LogP contribution in [0.3, 0.4) is 0 Å². The number of nitrogens with zero attached hydrogens (tertiary/aromatic N) is 2. The molecule has 1 heterocycles. The normalized spacial score (nSPS) is 14.7. The molecule has 2 N–H and O–H groups in total. The lowest BCUT2D eigenvalue weighted by Crippen LogP contribution is -2.38. The number of thiazole rings is 1. The number of hydrogen-bond acceptors (Lipinski definition) is 4. The maximum atomic E-state index is 6.11. The molecule has 146 valence electrons. The Balaban J connectivity index is 1.55. The van der Waals surface area contributed by atoms with E-state index in [1.807, 2.05) is 18.3 Å². The lowest BCUT2D eigenvalue weighted by atomic mass is 9.96. The van der Waals surface area contributed by atoms with Gasteiger partial charge in [-0.15, -0.1) is 11.3 Å². The van der Waals surface area contributed by atoms with Crippen LogP contribution >= 0.6 is 11.3 Å². The largest absolute Gasteiger partial charge is 0.490 e. The number of para-hydroxylation sites is 1. The maximum Gasteiger partial charge on any atom is 0.191 e. The van der Waals surface area contributed by atoms with Gasteiger partial charge in [0.1, 0.15) is 5.75 Å². The van der Waals surface area contributed by atoms with Crippen molar-refractivity contribution in [1.29, 1.82) is 0 Å². The second kappa shape index (κ2) is 10.3. The van der Waals surface area contributed by atoms with Gasteiger partial charge >= 0.3 is 0 Å². The minimum Gasteiger partial charge on any atom is -0.490 e. The number of aromatic nitrogens is 1. The van der Waals surface area contributed by atoms with Crippen LogP contribution in [0.4, 0.5) is 0 Å². The molecule has 1 aliphatic carbocycles. The van der Waals surface area contributed by atoms with E-state index in [2.05, 4.69) is 41.6 Å². The number of guanidine groups is 1. The molecule has 0 unspecified atom stereocenters. The van der Waals surface area contributed by atoms with Crippen LogP contribution in [0.15, 0.2) is 35.5 Å². The van der Waals surface area contributed by atoms with Crippen molar-refractivity contribution in [3.8, 4) is 5.75 Å². The fourth-order valence-corrected chi connectivity index (χ4v) is 3.70. The Morgan fingerprint density at radius 1 is 1.26 bits per heavy atom. The first-order valence-electron chi connectivity index (χ1n) is 9.98. The zero-order valence-electron chi connectivity index (χ0n) is 16.3. The molecular weight excluding hydrogens is 356 g/mol. The number of benzene rings is 1. The van der Waals surface area contributed by atoms with Crippen LogP contribution in [0, 0.1) is 0 Å². The van der Waals surface area contributed by atoms with Crippen molar-refractivity contribution in [3.63, 3.8) is 0 Å². The molecule has 2 aromatic rings. The highest BCUT2D eigenvalue weighted by Gasteiger charge is 2.20. The number of rotatable bonds is 9. The van der Waals surface area contributed by atoms with Gasteiger partial charge in [-0.25, -0.2) is 9.98 Å². The monoisotopic (exact) mass is 386 g/mol. The van der Waals surface area contributed by atoms with Gasteiger partial charge in [0.25, 0.3) is 0 Å². The van der Waals surface area contributed by atoms with Gasteiger partial charge in [0.05, 0.1) is 17.7 Å². The summed E-state index contributed by atoms with van der Waals surface area (Å²) in [6.07, 6.45) is 7.94. The van der Waals surface area contributed by atoms with Gasteiger partial charge < -0.3 is 15.4 Å². The molecule has 3 rings (SSSR count). The topological polar surface area (TPSA) is 58.5 Å². The third-order valence-electron chi connectivity index (χ3n) is 4.65. The number of ether oxygens (including phenoxy) is 1. The van der Waals surface area contributed by atoms with E-state index >= 15 is 0 Å². The van der Waals surface area contributed by atoms with E-state index in [-0.39, 0.29) is 0 Å². The summed E-state index contributed by atoms with van der Waals surface area (Å²) in [5.41, 5.74) is 1.13. The molecule has 1 fully saturated rings. The second-order valence-electron chi connectivity index (χ2n) is 6.72. The number of aliphatic imine (C=N–C) groups is 1. The molecule has 0 amide bonds. The van der Waals surface area contributed by atoms with E-state index in [0.717, 1.165) is 56.0 Å². The van der Waals surface area contributed by atoms with Crippen LogP contribution in [0.5, 0.6) is 5.75 Å². The third-order valence-corrected chi connectivity index (χ3v) is 5.85. The molecule has 27 heavy (non-hydrogen) atoms. The Labute approximate surface area is 166 Å². The molecule has 1 aromatic heterocycles. The Kier molecular flexibility index (Phi) is 7.51. The highest BCUT2D eigenvalue weighted by molar-refractivity contribution is 7.11. The van der Waals surface area contributed by atoms with Crippen molar-refractivity contribution in [2.24, 2.45) is 4.99 Å². The number of aryl methyl sites for hydroxylation is 1. The van der Waals surface area contributed by atoms with E-state index in [1.54, 1.807) is 11.3 Å². The summed E-state index contributed by atoms with van der Waals surface area (Å²) < 4.78 is 6.11. The summed E-state index contributed by atoms with van der Waals surface area (Å²) in [4.78, 5) is 10.6. The average Bonchev–Trinajstić information content (AvgIpc) is 3.11. The zero-order valence-corrected chi connectivity index (χ0v) is 17.1. The molecule has 0 atom stereocenters. The highest BCUT2D eigenvalue weighted by atomic mass is 32.1. The van der Waals surface area contributed by atoms with Crippen LogP contribution in [0.25, 0.3) is 0 Å². The fourth-order valence-electron chi connectivity index (χ4n) is 2.84. The number of hydrogen-bond donors (Lipinski definition) is 2. The van der Waals surface area contributed by atoms with Crippen molar-refractivity contribution in [2.75, 3.05) is 13.1 Å². The first kappa shape index (κ1) is 19.7. The summed E-state index contributed by atoms with van der Waals surface area (Å²) in [6.45, 7) is 6.51. The van der Waals surface area contributed by atoms with Crippen molar-refractivity contribution < 1.29 is 4.74 Å². The minimum atomic E-state index is 0.382. The van der Waals surface area contributed by atoms with Gasteiger partial charge in [-0.3, -0.25) is 0 Å².